The van der Waals surface area contributed by atoms with Crippen LogP contribution in [0.4, 0.5) is 5.69 Å². The zero-order valence-corrected chi connectivity index (χ0v) is 20.4. The second-order valence-electron chi connectivity index (χ2n) is 9.46. The first-order valence-electron chi connectivity index (χ1n) is 12.7. The number of rotatable bonds is 3. The first-order chi connectivity index (χ1) is 18.9. The maximum absolute atomic E-state index is 4.63. The van der Waals surface area contributed by atoms with Crippen molar-refractivity contribution in [3.63, 3.8) is 0 Å². The third-order valence-corrected chi connectivity index (χ3v) is 7.39. The van der Waals surface area contributed by atoms with Crippen molar-refractivity contribution in [3.8, 4) is 22.5 Å². The van der Waals surface area contributed by atoms with Crippen LogP contribution in [0.1, 0.15) is 5.69 Å². The summed E-state index contributed by atoms with van der Waals surface area (Å²) < 4.78 is 4.53. The number of aromatic nitrogens is 5. The standard InChI is InChI=1S/C32H22N6/c1-3-28-31(35-15-1)25-13-17-34-20-30(25)38(28)24-11-7-22(8-12-24)21-5-9-23(10-6-21)37-27-14-18-33-19-26(27)32-29(37)4-2-16-36-32/h1-15,17-20,36H,16H2. The van der Waals surface area contributed by atoms with Gasteiger partial charge in [-0.05, 0) is 65.7 Å². The number of anilines is 1. The third-order valence-electron chi connectivity index (χ3n) is 7.39. The molecule has 0 fully saturated rings. The molecular formula is C32H22N6. The molecule has 1 N–H and O–H groups in total. The Morgan fingerprint density at radius 2 is 1.37 bits per heavy atom. The van der Waals surface area contributed by atoms with Crippen LogP contribution in [0.5, 0.6) is 0 Å². The van der Waals surface area contributed by atoms with Crippen molar-refractivity contribution in [1.82, 2.24) is 24.1 Å². The Bertz CT molecular complexity index is 1960. The van der Waals surface area contributed by atoms with E-state index in [1.54, 1.807) is 0 Å². The second kappa shape index (κ2) is 8.15. The number of pyridine rings is 3. The summed E-state index contributed by atoms with van der Waals surface area (Å²) in [6.45, 7) is 0.831. The van der Waals surface area contributed by atoms with Crippen LogP contribution in [-0.4, -0.2) is 30.6 Å². The van der Waals surface area contributed by atoms with Gasteiger partial charge in [0.05, 0.1) is 39.6 Å². The van der Waals surface area contributed by atoms with Gasteiger partial charge in [-0.25, -0.2) is 0 Å². The van der Waals surface area contributed by atoms with E-state index >= 15 is 0 Å². The van der Waals surface area contributed by atoms with Gasteiger partial charge in [-0.2, -0.15) is 0 Å². The quantitative estimate of drug-likeness (QED) is 0.289. The molecule has 6 heteroatoms. The normalized spacial score (nSPS) is 12.7. The lowest BCUT2D eigenvalue weighted by molar-refractivity contribution is 1.09. The van der Waals surface area contributed by atoms with Crippen LogP contribution < -0.4 is 5.32 Å². The van der Waals surface area contributed by atoms with Crippen LogP contribution in [0, 0.1) is 0 Å². The summed E-state index contributed by atoms with van der Waals surface area (Å²) in [7, 11) is 0. The van der Waals surface area contributed by atoms with Gasteiger partial charge in [-0.1, -0.05) is 30.3 Å². The van der Waals surface area contributed by atoms with Gasteiger partial charge in [0.2, 0.25) is 0 Å². The van der Waals surface area contributed by atoms with Crippen LogP contribution in [-0.2, 0) is 0 Å². The smallest absolute Gasteiger partial charge is 0.0964 e. The van der Waals surface area contributed by atoms with Crippen molar-refractivity contribution in [2.24, 2.45) is 0 Å². The van der Waals surface area contributed by atoms with Crippen LogP contribution in [0.3, 0.4) is 0 Å². The van der Waals surface area contributed by atoms with Gasteiger partial charge in [-0.3, -0.25) is 15.0 Å². The predicted octanol–water partition coefficient (Wildman–Crippen LogP) is 7.02. The molecule has 0 saturated carbocycles. The SMILES string of the molecule is C1=Cc2c(c3cnccc3n2-c2ccc(-c3ccc(-n4c5cnccc5c5ncccc54)cc3)cc2)NC1. The molecule has 0 spiro atoms. The van der Waals surface area contributed by atoms with Crippen LogP contribution in [0.15, 0.2) is 110 Å². The molecule has 0 bridgehead atoms. The average Bonchev–Trinajstić information content (AvgIpc) is 3.51. The van der Waals surface area contributed by atoms with E-state index in [1.807, 2.05) is 43.1 Å². The Morgan fingerprint density at radius 3 is 2.18 bits per heavy atom. The molecular weight excluding hydrogens is 468 g/mol. The summed E-state index contributed by atoms with van der Waals surface area (Å²) in [5, 5.41) is 5.76. The van der Waals surface area contributed by atoms with Crippen LogP contribution in [0.2, 0.25) is 0 Å². The molecule has 0 saturated heterocycles. The summed E-state index contributed by atoms with van der Waals surface area (Å²) in [4.78, 5) is 13.4. The third kappa shape index (κ3) is 3.04. The van der Waals surface area contributed by atoms with Gasteiger partial charge >= 0.3 is 0 Å². The highest BCUT2D eigenvalue weighted by Gasteiger charge is 2.18. The Kier molecular flexibility index (Phi) is 4.48. The Morgan fingerprint density at radius 1 is 0.632 bits per heavy atom. The molecule has 0 atom stereocenters. The largest absolute Gasteiger partial charge is 0.379 e. The minimum absolute atomic E-state index is 0.831. The number of nitrogens with one attached hydrogen (secondary N) is 1. The number of hydrogen-bond acceptors (Lipinski definition) is 4. The second-order valence-corrected chi connectivity index (χ2v) is 9.46. The van der Waals surface area contributed by atoms with E-state index in [9.17, 15) is 0 Å². The predicted molar refractivity (Wildman–Crippen MR) is 154 cm³/mol. The highest BCUT2D eigenvalue weighted by molar-refractivity contribution is 6.06. The first-order valence-corrected chi connectivity index (χ1v) is 12.7. The fourth-order valence-corrected chi connectivity index (χ4v) is 5.67. The molecule has 5 aromatic heterocycles. The van der Waals surface area contributed by atoms with Gasteiger partial charge in [-0.15, -0.1) is 0 Å². The Balaban J connectivity index is 1.18. The minimum Gasteiger partial charge on any atom is -0.379 e. The summed E-state index contributed by atoms with van der Waals surface area (Å²) in [6.07, 6.45) is 13.7. The summed E-state index contributed by atoms with van der Waals surface area (Å²) >= 11 is 0. The van der Waals surface area contributed by atoms with E-state index in [-0.39, 0.29) is 0 Å². The van der Waals surface area contributed by atoms with E-state index in [1.165, 1.54) is 11.1 Å². The first kappa shape index (κ1) is 20.9. The molecule has 2 aromatic carbocycles. The lowest BCUT2D eigenvalue weighted by atomic mass is 10.0. The van der Waals surface area contributed by atoms with E-state index in [0.29, 0.717) is 0 Å². The number of nitrogens with zero attached hydrogens (tertiary/aromatic N) is 5. The molecule has 180 valence electrons. The minimum atomic E-state index is 0.831. The summed E-state index contributed by atoms with van der Waals surface area (Å²) in [5.41, 5.74) is 11.1. The van der Waals surface area contributed by atoms with Gasteiger partial charge in [0, 0.05) is 53.5 Å². The average molecular weight is 491 g/mol. The van der Waals surface area contributed by atoms with Crippen molar-refractivity contribution >= 4 is 44.6 Å². The van der Waals surface area contributed by atoms with Crippen LogP contribution in [0.25, 0.3) is 61.4 Å². The molecule has 0 unspecified atom stereocenters. The zero-order valence-electron chi connectivity index (χ0n) is 20.4. The number of benzene rings is 2. The topological polar surface area (TPSA) is 60.6 Å². The lowest BCUT2D eigenvalue weighted by Gasteiger charge is -2.14. The molecule has 6 heterocycles. The fourth-order valence-electron chi connectivity index (χ4n) is 5.67. The highest BCUT2D eigenvalue weighted by Crippen LogP contribution is 2.36. The molecule has 38 heavy (non-hydrogen) atoms. The highest BCUT2D eigenvalue weighted by atomic mass is 15.0. The van der Waals surface area contributed by atoms with Gasteiger partial charge in [0.15, 0.2) is 0 Å². The fraction of sp³-hybridized carbons (Fsp3) is 0.0312. The maximum Gasteiger partial charge on any atom is 0.0964 e. The number of hydrogen-bond donors (Lipinski definition) is 1. The van der Waals surface area contributed by atoms with E-state index in [2.05, 4.69) is 102 Å². The molecule has 1 aliphatic rings. The van der Waals surface area contributed by atoms with E-state index in [4.69, 9.17) is 0 Å². The summed E-state index contributed by atoms with van der Waals surface area (Å²) in [6, 6.07) is 25.7. The molecule has 6 nitrogen and oxygen atoms in total. The monoisotopic (exact) mass is 490 g/mol. The van der Waals surface area contributed by atoms with Gasteiger partial charge in [0.25, 0.3) is 0 Å². The lowest BCUT2D eigenvalue weighted by Crippen LogP contribution is -2.05. The molecule has 0 aliphatic carbocycles. The van der Waals surface area contributed by atoms with Crippen molar-refractivity contribution in [2.75, 3.05) is 11.9 Å². The van der Waals surface area contributed by atoms with Crippen molar-refractivity contribution in [2.45, 2.75) is 0 Å². The molecule has 8 rings (SSSR count). The maximum atomic E-state index is 4.63. The van der Waals surface area contributed by atoms with Gasteiger partial charge in [0.1, 0.15) is 0 Å². The van der Waals surface area contributed by atoms with E-state index in [0.717, 1.165) is 62.1 Å². The molecule has 0 amide bonds. The van der Waals surface area contributed by atoms with Gasteiger partial charge < -0.3 is 14.5 Å². The van der Waals surface area contributed by atoms with Crippen molar-refractivity contribution in [3.05, 3.63) is 116 Å². The van der Waals surface area contributed by atoms with Crippen molar-refractivity contribution in [1.29, 1.82) is 0 Å². The van der Waals surface area contributed by atoms with Crippen LogP contribution >= 0.6 is 0 Å². The van der Waals surface area contributed by atoms with E-state index < -0.39 is 0 Å². The Hall–Kier alpha value is -5.23. The summed E-state index contributed by atoms with van der Waals surface area (Å²) in [5.74, 6) is 0. The molecule has 7 aromatic rings. The molecule has 0 radical (unpaired) electrons. The Labute approximate surface area is 218 Å². The van der Waals surface area contributed by atoms with Crippen molar-refractivity contribution < 1.29 is 0 Å². The number of fused-ring (bicyclic) bond motifs is 6. The zero-order chi connectivity index (χ0) is 25.1. The molecule has 1 aliphatic heterocycles.